The Balaban J connectivity index is 2.39. The zero-order valence-corrected chi connectivity index (χ0v) is 20.2. The summed E-state index contributed by atoms with van der Waals surface area (Å²) in [5.74, 6) is -1.77. The molecule has 0 bridgehead atoms. The fraction of sp³-hybridized carbons (Fsp3) is 0.545. The smallest absolute Gasteiger partial charge is 0.258 e. The SMILES string of the molecule is CC(C)c1cc(C#N)c(F)c(C(C)C)c1CC(=O)N=[S@@H](=O)C1SC(C(C)(C)O)=CC1F. The lowest BCUT2D eigenvalue weighted by molar-refractivity contribution is -0.117. The predicted molar refractivity (Wildman–Crippen MR) is 121 cm³/mol. The average molecular weight is 471 g/mol. The predicted octanol–water partition coefficient (Wildman–Crippen LogP) is 4.74. The first-order valence-electron chi connectivity index (χ1n) is 9.99. The van der Waals surface area contributed by atoms with Crippen molar-refractivity contribution in [3.63, 3.8) is 0 Å². The van der Waals surface area contributed by atoms with Crippen molar-refractivity contribution in [1.82, 2.24) is 0 Å². The van der Waals surface area contributed by atoms with Crippen LogP contribution in [0.15, 0.2) is 21.4 Å². The third-order valence-corrected chi connectivity index (χ3v) is 8.34. The van der Waals surface area contributed by atoms with Gasteiger partial charge in [-0.1, -0.05) is 27.7 Å². The molecule has 0 spiro atoms. The number of thioether (sulfide) groups is 1. The van der Waals surface area contributed by atoms with Gasteiger partial charge in [-0.15, -0.1) is 11.8 Å². The molecule has 1 heterocycles. The van der Waals surface area contributed by atoms with Gasteiger partial charge < -0.3 is 5.11 Å². The van der Waals surface area contributed by atoms with Gasteiger partial charge in [0.1, 0.15) is 22.6 Å². The van der Waals surface area contributed by atoms with Gasteiger partial charge in [0, 0.05) is 4.91 Å². The lowest BCUT2D eigenvalue weighted by Gasteiger charge is -2.20. The highest BCUT2D eigenvalue weighted by atomic mass is 32.2. The normalized spacial score (nSPS) is 20.3. The molecule has 0 aliphatic carbocycles. The molecule has 1 N–H and O–H groups in total. The number of thiol groups is 1. The van der Waals surface area contributed by atoms with Crippen molar-refractivity contribution < 1.29 is 22.9 Å². The topological polar surface area (TPSA) is 90.5 Å². The summed E-state index contributed by atoms with van der Waals surface area (Å²) in [5, 5.41) is 19.3. The quantitative estimate of drug-likeness (QED) is 0.586. The molecule has 9 heteroatoms. The molecule has 0 saturated heterocycles. The van der Waals surface area contributed by atoms with Crippen molar-refractivity contribution in [3.8, 4) is 6.07 Å². The highest BCUT2D eigenvalue weighted by Gasteiger charge is 2.36. The minimum absolute atomic E-state index is 0.0825. The summed E-state index contributed by atoms with van der Waals surface area (Å²) in [7, 11) is -2.59. The fourth-order valence-corrected chi connectivity index (χ4v) is 6.01. The summed E-state index contributed by atoms with van der Waals surface area (Å²) in [5.41, 5.74) is 0.00267. The van der Waals surface area contributed by atoms with E-state index in [-0.39, 0.29) is 29.4 Å². The van der Waals surface area contributed by atoms with Crippen LogP contribution >= 0.6 is 11.8 Å². The Morgan fingerprint density at radius 1 is 1.35 bits per heavy atom. The van der Waals surface area contributed by atoms with E-state index >= 15 is 0 Å². The summed E-state index contributed by atoms with van der Waals surface area (Å²) in [4.78, 5) is 13.0. The van der Waals surface area contributed by atoms with Gasteiger partial charge >= 0.3 is 0 Å². The van der Waals surface area contributed by atoms with Gasteiger partial charge in [-0.05, 0) is 54.5 Å². The van der Waals surface area contributed by atoms with Gasteiger partial charge in [0.15, 0.2) is 0 Å². The number of benzene rings is 1. The molecular weight excluding hydrogens is 442 g/mol. The van der Waals surface area contributed by atoms with E-state index in [2.05, 4.69) is 4.36 Å². The molecule has 3 atom stereocenters. The lowest BCUT2D eigenvalue weighted by atomic mass is 9.85. The van der Waals surface area contributed by atoms with Crippen LogP contribution in [0.3, 0.4) is 0 Å². The molecule has 1 amide bonds. The van der Waals surface area contributed by atoms with Crippen LogP contribution in [-0.2, 0) is 21.8 Å². The minimum Gasteiger partial charge on any atom is -0.385 e. The van der Waals surface area contributed by atoms with E-state index in [0.29, 0.717) is 16.0 Å². The number of allylic oxidation sites excluding steroid dienone is 1. The highest BCUT2D eigenvalue weighted by molar-refractivity contribution is 8.12. The first-order valence-corrected chi connectivity index (χ1v) is 12.2. The lowest BCUT2D eigenvalue weighted by Crippen LogP contribution is -2.19. The maximum Gasteiger partial charge on any atom is 0.258 e. The number of amides is 1. The van der Waals surface area contributed by atoms with Gasteiger partial charge in [0.05, 0.1) is 28.2 Å². The Bertz CT molecular complexity index is 1030. The summed E-state index contributed by atoms with van der Waals surface area (Å²) in [6, 6.07) is 3.30. The van der Waals surface area contributed by atoms with E-state index < -0.39 is 38.7 Å². The molecule has 1 aliphatic heterocycles. The molecule has 2 unspecified atom stereocenters. The van der Waals surface area contributed by atoms with Crippen molar-refractivity contribution in [2.45, 2.75) is 76.2 Å². The van der Waals surface area contributed by atoms with Crippen LogP contribution in [0.4, 0.5) is 8.78 Å². The molecule has 1 aliphatic rings. The number of carbonyl (C=O) groups excluding carboxylic acids is 1. The molecule has 2 rings (SSSR count). The fourth-order valence-electron chi connectivity index (χ4n) is 3.46. The van der Waals surface area contributed by atoms with Crippen molar-refractivity contribution in [2.24, 2.45) is 4.36 Å². The minimum atomic E-state index is -2.59. The van der Waals surface area contributed by atoms with E-state index in [1.54, 1.807) is 13.8 Å². The van der Waals surface area contributed by atoms with Crippen molar-refractivity contribution >= 4 is 28.3 Å². The number of rotatable bonds is 6. The summed E-state index contributed by atoms with van der Waals surface area (Å²) in [6.07, 6.45) is -0.687. The van der Waals surface area contributed by atoms with Crippen molar-refractivity contribution in [2.75, 3.05) is 0 Å². The molecule has 5 nitrogen and oxygen atoms in total. The van der Waals surface area contributed by atoms with Crippen LogP contribution in [0.1, 0.15) is 75.6 Å². The van der Waals surface area contributed by atoms with Gasteiger partial charge in [-0.3, -0.25) is 9.00 Å². The summed E-state index contributed by atoms with van der Waals surface area (Å²) >= 11 is 0.916. The molecule has 0 saturated carbocycles. The van der Waals surface area contributed by atoms with E-state index in [0.717, 1.165) is 11.8 Å². The van der Waals surface area contributed by atoms with Gasteiger partial charge in [0.25, 0.3) is 5.91 Å². The third kappa shape index (κ3) is 5.73. The Kier molecular flexibility index (Phi) is 8.06. The molecular formula is C22H28F2N2O3S2. The van der Waals surface area contributed by atoms with Crippen LogP contribution < -0.4 is 0 Å². The van der Waals surface area contributed by atoms with E-state index in [1.165, 1.54) is 26.0 Å². The number of hydrogen-bond acceptors (Lipinski definition) is 5. The van der Waals surface area contributed by atoms with Gasteiger partial charge in [0.2, 0.25) is 0 Å². The molecule has 170 valence electrons. The van der Waals surface area contributed by atoms with Crippen LogP contribution in [0.25, 0.3) is 0 Å². The second kappa shape index (κ2) is 9.80. The monoisotopic (exact) mass is 470 g/mol. The summed E-state index contributed by atoms with van der Waals surface area (Å²) < 4.78 is 44.4. The molecule has 0 aromatic heterocycles. The Hall–Kier alpha value is -1.76. The van der Waals surface area contributed by atoms with Crippen LogP contribution in [0, 0.1) is 17.1 Å². The first kappa shape index (κ1) is 25.5. The number of hydrogen-bond donors (Lipinski definition) is 2. The zero-order valence-electron chi connectivity index (χ0n) is 18.4. The van der Waals surface area contributed by atoms with E-state index in [1.807, 2.05) is 19.9 Å². The van der Waals surface area contributed by atoms with Crippen molar-refractivity contribution in [1.29, 1.82) is 5.26 Å². The Labute approximate surface area is 188 Å². The number of halogens is 2. The van der Waals surface area contributed by atoms with E-state index in [9.17, 15) is 28.2 Å². The van der Waals surface area contributed by atoms with E-state index in [4.69, 9.17) is 0 Å². The van der Waals surface area contributed by atoms with Crippen LogP contribution in [-0.4, -0.2) is 31.6 Å². The maximum atomic E-state index is 14.9. The molecule has 0 radical (unpaired) electrons. The van der Waals surface area contributed by atoms with Gasteiger partial charge in [-0.25, -0.2) is 8.78 Å². The van der Waals surface area contributed by atoms with Crippen LogP contribution in [0.2, 0.25) is 0 Å². The first-order chi connectivity index (χ1) is 14.3. The number of carbonyl (C=O) groups is 1. The maximum absolute atomic E-state index is 14.9. The van der Waals surface area contributed by atoms with Crippen LogP contribution in [0.5, 0.6) is 0 Å². The second-order valence-corrected chi connectivity index (χ2v) is 11.6. The Morgan fingerprint density at radius 3 is 2.42 bits per heavy atom. The standard InChI is InChI=1S/C22H28F2N2O3S2/c1-11(2)14-7-13(10-25)20(24)19(12(3)4)15(14)8-18(27)26-31(29)21-16(23)9-17(30-21)22(5,6)28/h7,9,11-12,16,21,28,31H,8H2,1-6H3. The largest absolute Gasteiger partial charge is 0.385 e. The van der Waals surface area contributed by atoms with Crippen molar-refractivity contribution in [3.05, 3.63) is 45.1 Å². The molecule has 1 aromatic rings. The average Bonchev–Trinajstić information content (AvgIpc) is 3.03. The molecule has 1 aromatic carbocycles. The number of nitrogens with zero attached hydrogens (tertiary/aromatic N) is 2. The number of alkyl halides is 1. The second-order valence-electron chi connectivity index (χ2n) is 8.66. The molecule has 0 fully saturated rings. The number of aliphatic hydroxyl groups is 1. The molecule has 31 heavy (non-hydrogen) atoms. The third-order valence-electron chi connectivity index (χ3n) is 4.96. The van der Waals surface area contributed by atoms with Gasteiger partial charge in [-0.2, -0.15) is 9.62 Å². The Morgan fingerprint density at radius 2 is 1.97 bits per heavy atom. The highest BCUT2D eigenvalue weighted by Crippen LogP contribution is 2.41. The number of nitriles is 1. The summed E-state index contributed by atoms with van der Waals surface area (Å²) in [6.45, 7) is 10.3. The zero-order chi connectivity index (χ0) is 23.7.